The number of urea groups is 1. The zero-order valence-electron chi connectivity index (χ0n) is 17.4. The summed E-state index contributed by atoms with van der Waals surface area (Å²) in [6, 6.07) is 22.7. The molecule has 0 saturated carbocycles. The highest BCUT2D eigenvalue weighted by atomic mass is 32.2. The number of fused-ring (bicyclic) bond motifs is 1. The van der Waals surface area contributed by atoms with Crippen molar-refractivity contribution in [2.75, 3.05) is 16.4 Å². The Hall–Kier alpha value is -3.36. The highest BCUT2D eigenvalue weighted by Crippen LogP contribution is 2.31. The van der Waals surface area contributed by atoms with Gasteiger partial charge in [0.25, 0.3) is 0 Å². The number of hydrogen-bond donors (Lipinski definition) is 3. The molecule has 1 aromatic heterocycles. The number of aryl methyl sites for hydroxylation is 1. The molecule has 162 valence electrons. The Balaban J connectivity index is 1.30. The van der Waals surface area contributed by atoms with Crippen LogP contribution in [-0.2, 0) is 11.3 Å². The second-order valence-electron chi connectivity index (χ2n) is 7.16. The van der Waals surface area contributed by atoms with E-state index in [0.717, 1.165) is 31.4 Å². The lowest BCUT2D eigenvalue weighted by Gasteiger charge is -2.07. The summed E-state index contributed by atoms with van der Waals surface area (Å²) in [5.41, 5.74) is 4.46. The standard InChI is InChI=1S/C24H22N4O2S2/c1-16-7-9-18(10-8-16)26-23(30)27-19-11-12-20-21(13-19)32-24(28-20)31-15-22(29)25-14-17-5-3-2-4-6-17/h2-13H,14-15H2,1H3,(H,25,29)(H2,26,27,30). The van der Waals surface area contributed by atoms with Gasteiger partial charge in [0.05, 0.1) is 16.0 Å². The van der Waals surface area contributed by atoms with Crippen LogP contribution in [0.3, 0.4) is 0 Å². The Morgan fingerprint density at radius 1 is 0.938 bits per heavy atom. The molecule has 0 unspecified atom stereocenters. The van der Waals surface area contributed by atoms with Gasteiger partial charge >= 0.3 is 6.03 Å². The van der Waals surface area contributed by atoms with E-state index in [-0.39, 0.29) is 11.9 Å². The van der Waals surface area contributed by atoms with Crippen LogP contribution in [0, 0.1) is 6.92 Å². The molecule has 0 bridgehead atoms. The average molecular weight is 463 g/mol. The molecule has 4 aromatic rings. The third-order valence-corrected chi connectivity index (χ3v) is 6.76. The topological polar surface area (TPSA) is 83.1 Å². The van der Waals surface area contributed by atoms with Crippen molar-refractivity contribution >= 4 is 56.6 Å². The number of carbonyl (C=O) groups is 2. The van der Waals surface area contributed by atoms with Gasteiger partial charge in [-0.3, -0.25) is 4.79 Å². The highest BCUT2D eigenvalue weighted by molar-refractivity contribution is 8.01. The van der Waals surface area contributed by atoms with Crippen LogP contribution in [0.4, 0.5) is 16.2 Å². The molecule has 1 heterocycles. The Morgan fingerprint density at radius 3 is 2.44 bits per heavy atom. The van der Waals surface area contributed by atoms with Gasteiger partial charge in [-0.2, -0.15) is 0 Å². The third-order valence-electron chi connectivity index (χ3n) is 4.60. The molecule has 6 nitrogen and oxygen atoms in total. The van der Waals surface area contributed by atoms with Crippen LogP contribution in [0.15, 0.2) is 77.1 Å². The maximum Gasteiger partial charge on any atom is 0.323 e. The molecule has 32 heavy (non-hydrogen) atoms. The summed E-state index contributed by atoms with van der Waals surface area (Å²) >= 11 is 2.91. The van der Waals surface area contributed by atoms with Crippen molar-refractivity contribution in [3.8, 4) is 0 Å². The summed E-state index contributed by atoms with van der Waals surface area (Å²) in [5, 5.41) is 8.58. The lowest BCUT2D eigenvalue weighted by Crippen LogP contribution is -2.24. The molecule has 3 amide bonds. The van der Waals surface area contributed by atoms with Crippen LogP contribution in [-0.4, -0.2) is 22.7 Å². The summed E-state index contributed by atoms with van der Waals surface area (Å²) in [6.45, 7) is 2.51. The number of aromatic nitrogens is 1. The maximum absolute atomic E-state index is 12.3. The number of carbonyl (C=O) groups excluding carboxylic acids is 2. The number of amides is 3. The minimum absolute atomic E-state index is 0.0340. The minimum atomic E-state index is -0.303. The van der Waals surface area contributed by atoms with E-state index >= 15 is 0 Å². The predicted octanol–water partition coefficient (Wildman–Crippen LogP) is 5.66. The molecule has 0 spiro atoms. The van der Waals surface area contributed by atoms with Crippen molar-refractivity contribution < 1.29 is 9.59 Å². The Morgan fingerprint density at radius 2 is 1.66 bits per heavy atom. The van der Waals surface area contributed by atoms with Crippen LogP contribution < -0.4 is 16.0 Å². The van der Waals surface area contributed by atoms with E-state index in [1.807, 2.05) is 79.7 Å². The Bertz CT molecular complexity index is 1220. The molecule has 0 aliphatic rings. The van der Waals surface area contributed by atoms with Gasteiger partial charge in [-0.25, -0.2) is 9.78 Å². The van der Waals surface area contributed by atoms with E-state index in [2.05, 4.69) is 20.9 Å². The second kappa shape index (κ2) is 10.3. The summed E-state index contributed by atoms with van der Waals surface area (Å²) in [6.07, 6.45) is 0. The van der Waals surface area contributed by atoms with Crippen LogP contribution in [0.5, 0.6) is 0 Å². The highest BCUT2D eigenvalue weighted by Gasteiger charge is 2.10. The van der Waals surface area contributed by atoms with Crippen molar-refractivity contribution in [1.82, 2.24) is 10.3 Å². The molecule has 4 rings (SSSR count). The van der Waals surface area contributed by atoms with E-state index in [9.17, 15) is 9.59 Å². The van der Waals surface area contributed by atoms with Crippen molar-refractivity contribution in [1.29, 1.82) is 0 Å². The van der Waals surface area contributed by atoms with Crippen LogP contribution in [0.1, 0.15) is 11.1 Å². The van der Waals surface area contributed by atoms with Gasteiger partial charge in [-0.1, -0.05) is 59.8 Å². The van der Waals surface area contributed by atoms with Crippen LogP contribution >= 0.6 is 23.1 Å². The molecule has 3 N–H and O–H groups in total. The lowest BCUT2D eigenvalue weighted by molar-refractivity contribution is -0.118. The zero-order chi connectivity index (χ0) is 22.3. The quantitative estimate of drug-likeness (QED) is 0.310. The minimum Gasteiger partial charge on any atom is -0.351 e. The van der Waals surface area contributed by atoms with Gasteiger partial charge in [0.15, 0.2) is 4.34 Å². The van der Waals surface area contributed by atoms with Gasteiger partial charge < -0.3 is 16.0 Å². The number of nitrogens with one attached hydrogen (secondary N) is 3. The number of thioether (sulfide) groups is 1. The smallest absolute Gasteiger partial charge is 0.323 e. The van der Waals surface area contributed by atoms with E-state index in [1.54, 1.807) is 0 Å². The van der Waals surface area contributed by atoms with Gasteiger partial charge in [0, 0.05) is 17.9 Å². The fourth-order valence-electron chi connectivity index (χ4n) is 2.95. The molecule has 8 heteroatoms. The van der Waals surface area contributed by atoms with E-state index in [4.69, 9.17) is 0 Å². The number of benzene rings is 3. The lowest BCUT2D eigenvalue weighted by atomic mass is 10.2. The van der Waals surface area contributed by atoms with Gasteiger partial charge in [-0.15, -0.1) is 11.3 Å². The first-order chi connectivity index (χ1) is 15.5. The largest absolute Gasteiger partial charge is 0.351 e. The first-order valence-electron chi connectivity index (χ1n) is 10.0. The van der Waals surface area contributed by atoms with E-state index in [0.29, 0.717) is 18.0 Å². The molecular formula is C24H22N4O2S2. The SMILES string of the molecule is Cc1ccc(NC(=O)Nc2ccc3nc(SCC(=O)NCc4ccccc4)sc3c2)cc1. The Kier molecular flexibility index (Phi) is 7.03. The first kappa shape index (κ1) is 21.9. The molecule has 0 saturated heterocycles. The van der Waals surface area contributed by atoms with Crippen molar-refractivity contribution in [2.45, 2.75) is 17.8 Å². The maximum atomic E-state index is 12.3. The molecule has 0 fully saturated rings. The predicted molar refractivity (Wildman–Crippen MR) is 132 cm³/mol. The fourth-order valence-corrected chi connectivity index (χ4v) is 4.89. The number of anilines is 2. The molecular weight excluding hydrogens is 440 g/mol. The van der Waals surface area contributed by atoms with E-state index in [1.165, 1.54) is 23.1 Å². The van der Waals surface area contributed by atoms with Gasteiger partial charge in [0.2, 0.25) is 5.91 Å². The summed E-state index contributed by atoms with van der Waals surface area (Å²) < 4.78 is 1.77. The van der Waals surface area contributed by atoms with Gasteiger partial charge in [-0.05, 0) is 42.8 Å². The average Bonchev–Trinajstić information content (AvgIpc) is 3.21. The van der Waals surface area contributed by atoms with Crippen molar-refractivity contribution in [3.63, 3.8) is 0 Å². The van der Waals surface area contributed by atoms with Crippen molar-refractivity contribution in [3.05, 3.63) is 83.9 Å². The number of thiazole rings is 1. The Labute approximate surface area is 194 Å². The second-order valence-corrected chi connectivity index (χ2v) is 9.41. The zero-order valence-corrected chi connectivity index (χ0v) is 19.1. The van der Waals surface area contributed by atoms with E-state index < -0.39 is 0 Å². The first-order valence-corrected chi connectivity index (χ1v) is 11.8. The summed E-state index contributed by atoms with van der Waals surface area (Å²) in [5.74, 6) is 0.268. The molecule has 0 radical (unpaired) electrons. The number of hydrogen-bond acceptors (Lipinski definition) is 5. The molecule has 0 aliphatic heterocycles. The summed E-state index contributed by atoms with van der Waals surface area (Å²) in [4.78, 5) is 29.0. The van der Waals surface area contributed by atoms with Gasteiger partial charge in [0.1, 0.15) is 0 Å². The fraction of sp³-hybridized carbons (Fsp3) is 0.125. The summed E-state index contributed by atoms with van der Waals surface area (Å²) in [7, 11) is 0. The third kappa shape index (κ3) is 6.09. The van der Waals surface area contributed by atoms with Crippen LogP contribution in [0.2, 0.25) is 0 Å². The normalized spacial score (nSPS) is 10.7. The monoisotopic (exact) mass is 462 g/mol. The molecule has 0 atom stereocenters. The number of nitrogens with zero attached hydrogens (tertiary/aromatic N) is 1. The number of rotatable bonds is 7. The molecule has 0 aliphatic carbocycles. The molecule has 3 aromatic carbocycles. The van der Waals surface area contributed by atoms with Crippen LogP contribution in [0.25, 0.3) is 10.2 Å². The van der Waals surface area contributed by atoms with Crippen molar-refractivity contribution in [2.24, 2.45) is 0 Å².